The van der Waals surface area contributed by atoms with Crippen molar-refractivity contribution < 1.29 is 0 Å². The van der Waals surface area contributed by atoms with Crippen LogP contribution in [0.25, 0.3) is 10.2 Å². The van der Waals surface area contributed by atoms with Crippen molar-refractivity contribution in [2.75, 3.05) is 0 Å². The molecular formula is C16H15N3S2. The Kier molecular flexibility index (Phi) is 4.22. The van der Waals surface area contributed by atoms with Crippen LogP contribution in [-0.4, -0.2) is 10.8 Å². The number of thiazole rings is 1. The van der Waals surface area contributed by atoms with Crippen LogP contribution in [0.15, 0.2) is 58.9 Å². The molecule has 3 aromatic rings. The van der Waals surface area contributed by atoms with Gasteiger partial charge < -0.3 is 5.73 Å². The standard InChI is InChI=1S/C16H15N3S2/c17-15(18)10-14(11-6-2-1-3-7-11)21-16-19-12-8-4-5-9-13(12)20-16/h1-9,14H,10H2,(H3,17,18). The van der Waals surface area contributed by atoms with Crippen LogP contribution in [0.5, 0.6) is 0 Å². The lowest BCUT2D eigenvalue weighted by molar-refractivity contribution is 0.983. The SMILES string of the molecule is N=C(N)CC(Sc1nc2ccccc2s1)c1ccccc1. The zero-order valence-corrected chi connectivity index (χ0v) is 13.0. The lowest BCUT2D eigenvalue weighted by atomic mass is 10.1. The highest BCUT2D eigenvalue weighted by molar-refractivity contribution is 8.01. The minimum absolute atomic E-state index is 0.129. The number of fused-ring (bicyclic) bond motifs is 1. The first kappa shape index (κ1) is 14.1. The number of hydrogen-bond donors (Lipinski definition) is 2. The Hall–Kier alpha value is -1.85. The summed E-state index contributed by atoms with van der Waals surface area (Å²) in [5.41, 5.74) is 7.82. The third-order valence-corrected chi connectivity index (χ3v) is 5.48. The van der Waals surface area contributed by atoms with Gasteiger partial charge in [-0.3, -0.25) is 5.41 Å². The molecule has 0 saturated carbocycles. The van der Waals surface area contributed by atoms with Crippen LogP contribution < -0.4 is 5.73 Å². The Morgan fingerprint density at radius 2 is 1.86 bits per heavy atom. The van der Waals surface area contributed by atoms with Crippen molar-refractivity contribution >= 4 is 39.2 Å². The highest BCUT2D eigenvalue weighted by Gasteiger charge is 2.16. The van der Waals surface area contributed by atoms with Gasteiger partial charge in [0.1, 0.15) is 0 Å². The molecule has 21 heavy (non-hydrogen) atoms. The average molecular weight is 313 g/mol. The summed E-state index contributed by atoms with van der Waals surface area (Å²) in [6.45, 7) is 0. The zero-order chi connectivity index (χ0) is 14.7. The number of thioether (sulfide) groups is 1. The molecule has 0 spiro atoms. The molecule has 0 amide bonds. The molecule has 1 heterocycles. The first-order valence-corrected chi connectivity index (χ1v) is 8.32. The van der Waals surface area contributed by atoms with Crippen LogP contribution in [0.1, 0.15) is 17.2 Å². The van der Waals surface area contributed by atoms with Crippen LogP contribution in [-0.2, 0) is 0 Å². The van der Waals surface area contributed by atoms with Crippen LogP contribution in [0.4, 0.5) is 0 Å². The fraction of sp³-hybridized carbons (Fsp3) is 0.125. The van der Waals surface area contributed by atoms with Gasteiger partial charge in [0.05, 0.1) is 16.1 Å². The van der Waals surface area contributed by atoms with E-state index in [4.69, 9.17) is 11.1 Å². The molecule has 1 unspecified atom stereocenters. The number of amidine groups is 1. The molecule has 0 aliphatic rings. The molecular weight excluding hydrogens is 298 g/mol. The molecule has 2 aromatic carbocycles. The van der Waals surface area contributed by atoms with Crippen LogP contribution in [0, 0.1) is 5.41 Å². The molecule has 0 aliphatic heterocycles. The predicted octanol–water partition coefficient (Wildman–Crippen LogP) is 4.46. The Morgan fingerprint density at radius 3 is 2.57 bits per heavy atom. The molecule has 1 atom stereocenters. The summed E-state index contributed by atoms with van der Waals surface area (Å²) in [6.07, 6.45) is 0.532. The van der Waals surface area contributed by atoms with E-state index < -0.39 is 0 Å². The third-order valence-electron chi connectivity index (χ3n) is 3.09. The molecule has 5 heteroatoms. The summed E-state index contributed by atoms with van der Waals surface area (Å²) < 4.78 is 2.21. The van der Waals surface area contributed by atoms with E-state index in [1.165, 1.54) is 10.3 Å². The first-order chi connectivity index (χ1) is 10.2. The fourth-order valence-electron chi connectivity index (χ4n) is 2.12. The van der Waals surface area contributed by atoms with Gasteiger partial charge in [0.2, 0.25) is 0 Å². The predicted molar refractivity (Wildman–Crippen MR) is 91.2 cm³/mol. The van der Waals surface area contributed by atoms with E-state index in [0.717, 1.165) is 9.86 Å². The number of benzene rings is 2. The molecule has 106 valence electrons. The molecule has 1 aromatic heterocycles. The van der Waals surface area contributed by atoms with Crippen molar-refractivity contribution in [3.63, 3.8) is 0 Å². The summed E-state index contributed by atoms with van der Waals surface area (Å²) >= 11 is 3.37. The summed E-state index contributed by atoms with van der Waals surface area (Å²) in [7, 11) is 0. The first-order valence-electron chi connectivity index (χ1n) is 6.62. The van der Waals surface area contributed by atoms with Gasteiger partial charge in [0.25, 0.3) is 0 Å². The van der Waals surface area contributed by atoms with Gasteiger partial charge >= 0.3 is 0 Å². The van der Waals surface area contributed by atoms with Crippen molar-refractivity contribution in [1.82, 2.24) is 4.98 Å². The van der Waals surface area contributed by atoms with E-state index in [-0.39, 0.29) is 11.1 Å². The van der Waals surface area contributed by atoms with E-state index >= 15 is 0 Å². The Labute approximate surface area is 131 Å². The van der Waals surface area contributed by atoms with Gasteiger partial charge in [-0.2, -0.15) is 0 Å². The van der Waals surface area contributed by atoms with Crippen LogP contribution in [0.2, 0.25) is 0 Å². The summed E-state index contributed by atoms with van der Waals surface area (Å²) in [5.74, 6) is 0.206. The second-order valence-electron chi connectivity index (χ2n) is 4.69. The van der Waals surface area contributed by atoms with Crippen LogP contribution >= 0.6 is 23.1 Å². The smallest absolute Gasteiger partial charge is 0.151 e. The van der Waals surface area contributed by atoms with E-state index in [2.05, 4.69) is 23.2 Å². The quantitative estimate of drug-likeness (QED) is 0.415. The molecule has 3 rings (SSSR count). The molecule has 3 N–H and O–H groups in total. The van der Waals surface area contributed by atoms with Crippen molar-refractivity contribution in [3.8, 4) is 0 Å². The van der Waals surface area contributed by atoms with Gasteiger partial charge in [-0.25, -0.2) is 4.98 Å². The van der Waals surface area contributed by atoms with Gasteiger partial charge in [-0.15, -0.1) is 11.3 Å². The number of rotatable bonds is 5. The van der Waals surface area contributed by atoms with Crippen molar-refractivity contribution in [2.45, 2.75) is 16.0 Å². The lowest BCUT2D eigenvalue weighted by Crippen LogP contribution is -2.12. The second kappa shape index (κ2) is 6.28. The Morgan fingerprint density at radius 1 is 1.14 bits per heavy atom. The molecule has 0 bridgehead atoms. The number of aromatic nitrogens is 1. The molecule has 0 aliphatic carbocycles. The highest BCUT2D eigenvalue weighted by atomic mass is 32.2. The third kappa shape index (κ3) is 3.43. The van der Waals surface area contributed by atoms with Crippen molar-refractivity contribution in [2.24, 2.45) is 5.73 Å². The maximum Gasteiger partial charge on any atom is 0.151 e. The normalized spacial score (nSPS) is 12.4. The van der Waals surface area contributed by atoms with E-state index in [0.29, 0.717) is 6.42 Å². The maximum atomic E-state index is 7.59. The van der Waals surface area contributed by atoms with Crippen molar-refractivity contribution in [3.05, 3.63) is 60.2 Å². The minimum Gasteiger partial charge on any atom is -0.388 e. The van der Waals surface area contributed by atoms with Crippen molar-refractivity contribution in [1.29, 1.82) is 5.41 Å². The van der Waals surface area contributed by atoms with Crippen LogP contribution in [0.3, 0.4) is 0 Å². The number of nitrogens with two attached hydrogens (primary N) is 1. The van der Waals surface area contributed by atoms with E-state index in [1.54, 1.807) is 23.1 Å². The maximum absolute atomic E-state index is 7.59. The average Bonchev–Trinajstić information content (AvgIpc) is 2.89. The van der Waals surface area contributed by atoms with Gasteiger partial charge in [0.15, 0.2) is 4.34 Å². The lowest BCUT2D eigenvalue weighted by Gasteiger charge is -2.14. The topological polar surface area (TPSA) is 62.8 Å². The van der Waals surface area contributed by atoms with Gasteiger partial charge in [-0.05, 0) is 17.7 Å². The number of hydrogen-bond acceptors (Lipinski definition) is 4. The summed E-state index contributed by atoms with van der Waals surface area (Å²) in [4.78, 5) is 4.66. The van der Waals surface area contributed by atoms with Gasteiger partial charge in [0, 0.05) is 11.7 Å². The highest BCUT2D eigenvalue weighted by Crippen LogP contribution is 2.40. The molecule has 0 fully saturated rings. The van der Waals surface area contributed by atoms with E-state index in [9.17, 15) is 0 Å². The summed E-state index contributed by atoms with van der Waals surface area (Å²) in [6, 6.07) is 18.3. The Bertz CT molecular complexity index is 719. The number of nitrogens with zero attached hydrogens (tertiary/aromatic N) is 1. The number of nitrogens with one attached hydrogen (secondary N) is 1. The monoisotopic (exact) mass is 313 g/mol. The summed E-state index contributed by atoms with van der Waals surface area (Å²) in [5, 5.41) is 7.72. The molecule has 0 saturated heterocycles. The van der Waals surface area contributed by atoms with Gasteiger partial charge in [-0.1, -0.05) is 54.2 Å². The second-order valence-corrected chi connectivity index (χ2v) is 7.17. The Balaban J connectivity index is 1.88. The van der Waals surface area contributed by atoms with E-state index in [1.807, 2.05) is 36.4 Å². The minimum atomic E-state index is 0.129. The largest absolute Gasteiger partial charge is 0.388 e. The number of para-hydroxylation sites is 1. The fourth-order valence-corrected chi connectivity index (χ4v) is 4.58. The molecule has 0 radical (unpaired) electrons. The zero-order valence-electron chi connectivity index (χ0n) is 11.3. The molecule has 3 nitrogen and oxygen atoms in total.